The van der Waals surface area contributed by atoms with Gasteiger partial charge in [-0.25, -0.2) is 0 Å². The molecule has 1 atom stereocenters. The summed E-state index contributed by atoms with van der Waals surface area (Å²) in [6.07, 6.45) is 9.78. The van der Waals surface area contributed by atoms with Gasteiger partial charge < -0.3 is 0 Å². The van der Waals surface area contributed by atoms with Crippen molar-refractivity contribution in [2.24, 2.45) is 11.3 Å². The largest absolute Gasteiger partial charge is 0.295 e. The molecule has 0 aliphatic heterocycles. The molecule has 84 valence electrons. The van der Waals surface area contributed by atoms with E-state index in [1.54, 1.807) is 13.0 Å². The number of allylic oxidation sites excluding steroid dienone is 4. The molecule has 0 saturated heterocycles. The third-order valence-corrected chi connectivity index (χ3v) is 3.10. The molecule has 1 aliphatic rings. The Morgan fingerprint density at radius 2 is 2.20 bits per heavy atom. The normalized spacial score (nSPS) is 26.1. The fourth-order valence-electron chi connectivity index (χ4n) is 2.12. The highest BCUT2D eigenvalue weighted by molar-refractivity contribution is 5.87. The van der Waals surface area contributed by atoms with Crippen LogP contribution < -0.4 is 0 Å². The predicted octanol–water partition coefficient (Wildman–Crippen LogP) is 3.90. The number of hydrogen-bond donors (Lipinski definition) is 0. The van der Waals surface area contributed by atoms with Crippen LogP contribution in [0.2, 0.25) is 0 Å². The third-order valence-electron chi connectivity index (χ3n) is 3.10. The SMILES string of the molecule is CC(=O)C=CC1=CC(C)(C)CCCC1C. The van der Waals surface area contributed by atoms with E-state index < -0.39 is 0 Å². The quantitative estimate of drug-likeness (QED) is 0.626. The average Bonchev–Trinajstić information content (AvgIpc) is 2.22. The van der Waals surface area contributed by atoms with Crippen molar-refractivity contribution in [3.63, 3.8) is 0 Å². The van der Waals surface area contributed by atoms with Gasteiger partial charge in [0.25, 0.3) is 0 Å². The van der Waals surface area contributed by atoms with Gasteiger partial charge in [-0.1, -0.05) is 39.3 Å². The summed E-state index contributed by atoms with van der Waals surface area (Å²) in [4.78, 5) is 10.9. The Bertz CT molecular complexity index is 294. The van der Waals surface area contributed by atoms with E-state index in [1.165, 1.54) is 24.8 Å². The van der Waals surface area contributed by atoms with Crippen molar-refractivity contribution in [3.8, 4) is 0 Å². The molecule has 0 saturated carbocycles. The van der Waals surface area contributed by atoms with Crippen molar-refractivity contribution in [2.45, 2.75) is 47.0 Å². The molecular formula is C14H22O. The number of carbonyl (C=O) groups is 1. The van der Waals surface area contributed by atoms with Crippen LogP contribution in [0.5, 0.6) is 0 Å². The van der Waals surface area contributed by atoms with Gasteiger partial charge in [0, 0.05) is 0 Å². The summed E-state index contributed by atoms with van der Waals surface area (Å²) in [5.41, 5.74) is 1.61. The second-order valence-electron chi connectivity index (χ2n) is 5.37. The summed E-state index contributed by atoms with van der Waals surface area (Å²) in [5, 5.41) is 0. The minimum atomic E-state index is 0.130. The molecule has 0 amide bonds. The van der Waals surface area contributed by atoms with E-state index in [1.807, 2.05) is 6.08 Å². The summed E-state index contributed by atoms with van der Waals surface area (Å²) >= 11 is 0. The molecule has 1 unspecified atom stereocenters. The van der Waals surface area contributed by atoms with E-state index >= 15 is 0 Å². The van der Waals surface area contributed by atoms with Crippen LogP contribution in [0.1, 0.15) is 47.0 Å². The van der Waals surface area contributed by atoms with Gasteiger partial charge in [0.2, 0.25) is 0 Å². The average molecular weight is 206 g/mol. The highest BCUT2D eigenvalue weighted by atomic mass is 16.1. The Balaban J connectivity index is 2.89. The molecule has 0 fully saturated rings. The van der Waals surface area contributed by atoms with Gasteiger partial charge in [-0.05, 0) is 42.7 Å². The highest BCUT2D eigenvalue weighted by Gasteiger charge is 2.21. The zero-order valence-corrected chi connectivity index (χ0v) is 10.3. The van der Waals surface area contributed by atoms with Crippen LogP contribution in [0.15, 0.2) is 23.8 Å². The summed E-state index contributed by atoms with van der Waals surface area (Å²) in [5.74, 6) is 0.715. The summed E-state index contributed by atoms with van der Waals surface area (Å²) in [6.45, 7) is 8.39. The minimum Gasteiger partial charge on any atom is -0.295 e. The smallest absolute Gasteiger partial charge is 0.152 e. The lowest BCUT2D eigenvalue weighted by atomic mass is 9.87. The second kappa shape index (κ2) is 4.78. The second-order valence-corrected chi connectivity index (χ2v) is 5.37. The van der Waals surface area contributed by atoms with Gasteiger partial charge in [-0.3, -0.25) is 4.79 Å². The zero-order valence-electron chi connectivity index (χ0n) is 10.3. The first-order chi connectivity index (χ1) is 6.91. The molecule has 15 heavy (non-hydrogen) atoms. The van der Waals surface area contributed by atoms with Crippen LogP contribution in [0.3, 0.4) is 0 Å². The first kappa shape index (κ1) is 12.2. The molecule has 0 bridgehead atoms. The topological polar surface area (TPSA) is 17.1 Å². The van der Waals surface area contributed by atoms with Gasteiger partial charge in [-0.15, -0.1) is 0 Å². The van der Waals surface area contributed by atoms with Crippen LogP contribution in [-0.4, -0.2) is 5.78 Å². The Morgan fingerprint density at radius 1 is 1.53 bits per heavy atom. The molecule has 1 aliphatic carbocycles. The van der Waals surface area contributed by atoms with Gasteiger partial charge in [0.1, 0.15) is 0 Å². The van der Waals surface area contributed by atoms with Crippen molar-refractivity contribution in [1.29, 1.82) is 0 Å². The Kier molecular flexibility index (Phi) is 3.90. The van der Waals surface area contributed by atoms with E-state index in [0.717, 1.165) is 0 Å². The maximum absolute atomic E-state index is 10.9. The van der Waals surface area contributed by atoms with E-state index in [9.17, 15) is 4.79 Å². The maximum atomic E-state index is 10.9. The fourth-order valence-corrected chi connectivity index (χ4v) is 2.12. The number of rotatable bonds is 2. The van der Waals surface area contributed by atoms with Crippen molar-refractivity contribution in [2.75, 3.05) is 0 Å². The Morgan fingerprint density at radius 3 is 2.80 bits per heavy atom. The fraction of sp³-hybridized carbons (Fsp3) is 0.643. The lowest BCUT2D eigenvalue weighted by molar-refractivity contribution is -0.112. The molecule has 0 radical (unpaired) electrons. The van der Waals surface area contributed by atoms with Crippen LogP contribution in [0.25, 0.3) is 0 Å². The van der Waals surface area contributed by atoms with Crippen LogP contribution in [0.4, 0.5) is 0 Å². The lowest BCUT2D eigenvalue weighted by Gasteiger charge is -2.18. The third kappa shape index (κ3) is 4.03. The van der Waals surface area contributed by atoms with Crippen LogP contribution in [0, 0.1) is 11.3 Å². The molecule has 0 N–H and O–H groups in total. The first-order valence-electron chi connectivity index (χ1n) is 5.82. The van der Waals surface area contributed by atoms with Crippen molar-refractivity contribution >= 4 is 5.78 Å². The summed E-state index contributed by atoms with van der Waals surface area (Å²) in [6, 6.07) is 0. The number of ketones is 1. The highest BCUT2D eigenvalue weighted by Crippen LogP contribution is 2.34. The van der Waals surface area contributed by atoms with Crippen LogP contribution >= 0.6 is 0 Å². The minimum absolute atomic E-state index is 0.130. The molecule has 0 spiro atoms. The molecular weight excluding hydrogens is 184 g/mol. The summed E-state index contributed by atoms with van der Waals surface area (Å²) < 4.78 is 0. The molecule has 1 nitrogen and oxygen atoms in total. The lowest BCUT2D eigenvalue weighted by Crippen LogP contribution is -2.06. The van der Waals surface area contributed by atoms with Gasteiger partial charge in [0.05, 0.1) is 0 Å². The van der Waals surface area contributed by atoms with Crippen LogP contribution in [-0.2, 0) is 4.79 Å². The zero-order chi connectivity index (χ0) is 11.5. The van der Waals surface area contributed by atoms with Crippen molar-refractivity contribution < 1.29 is 4.79 Å². The molecule has 0 heterocycles. The molecule has 1 heteroatoms. The van der Waals surface area contributed by atoms with E-state index in [-0.39, 0.29) is 11.2 Å². The first-order valence-corrected chi connectivity index (χ1v) is 5.82. The molecule has 0 aromatic heterocycles. The Hall–Kier alpha value is -0.850. The molecule has 0 aromatic rings. The van der Waals surface area contributed by atoms with Crippen molar-refractivity contribution in [3.05, 3.63) is 23.8 Å². The van der Waals surface area contributed by atoms with E-state index in [2.05, 4.69) is 26.8 Å². The maximum Gasteiger partial charge on any atom is 0.152 e. The van der Waals surface area contributed by atoms with Gasteiger partial charge >= 0.3 is 0 Å². The predicted molar refractivity (Wildman–Crippen MR) is 64.7 cm³/mol. The molecule has 0 aromatic carbocycles. The molecule has 1 rings (SSSR count). The number of hydrogen-bond acceptors (Lipinski definition) is 1. The van der Waals surface area contributed by atoms with Gasteiger partial charge in [0.15, 0.2) is 5.78 Å². The van der Waals surface area contributed by atoms with E-state index in [0.29, 0.717) is 5.92 Å². The van der Waals surface area contributed by atoms with Gasteiger partial charge in [-0.2, -0.15) is 0 Å². The monoisotopic (exact) mass is 206 g/mol. The van der Waals surface area contributed by atoms with Crippen molar-refractivity contribution in [1.82, 2.24) is 0 Å². The summed E-state index contributed by atoms with van der Waals surface area (Å²) in [7, 11) is 0. The number of carbonyl (C=O) groups excluding carboxylic acids is 1. The van der Waals surface area contributed by atoms with E-state index in [4.69, 9.17) is 0 Å². The standard InChI is InChI=1S/C14H22O/c1-11-6-5-9-14(3,4)10-13(11)8-7-12(2)15/h7-8,10-11H,5-6,9H2,1-4H3. The Labute approximate surface area is 93.3 Å².